The first-order valence-corrected chi connectivity index (χ1v) is 5.33. The number of nitrogens with zero attached hydrogens (tertiary/aromatic N) is 2. The predicted molar refractivity (Wildman–Crippen MR) is 61.4 cm³/mol. The first kappa shape index (κ1) is 13.3. The molecule has 82 valence electrons. The summed E-state index contributed by atoms with van der Waals surface area (Å²) < 4.78 is 0. The molecule has 2 N–H and O–H groups in total. The zero-order valence-corrected chi connectivity index (χ0v) is 8.46. The third kappa shape index (κ3) is 3.60. The molecule has 6 heteroatoms. The second-order valence-corrected chi connectivity index (χ2v) is 3.76. The predicted octanol–water partition coefficient (Wildman–Crippen LogP) is -1.73. The maximum absolute atomic E-state index is 11.9. The van der Waals surface area contributed by atoms with Crippen molar-refractivity contribution in [2.75, 3.05) is 52.4 Å². The van der Waals surface area contributed by atoms with Gasteiger partial charge in [0, 0.05) is 52.4 Å². The second kappa shape index (κ2) is 6.70. The van der Waals surface area contributed by atoms with Gasteiger partial charge in [0.2, 0.25) is 0 Å². The van der Waals surface area contributed by atoms with Crippen LogP contribution in [-0.2, 0) is 0 Å². The zero-order valence-electron chi connectivity index (χ0n) is 8.46. The average Bonchev–Trinajstić information content (AvgIpc) is 2.30. The molecule has 2 rings (SSSR count). The number of hydrogen-bond donors (Lipinski definition) is 2. The Hall–Kier alpha value is 0.190. The third-order valence-corrected chi connectivity index (χ3v) is 2.78. The normalized spacial score (nSPS) is 22.1. The summed E-state index contributed by atoms with van der Waals surface area (Å²) in [5.41, 5.74) is 0. The summed E-state index contributed by atoms with van der Waals surface area (Å²) >= 11 is 0. The van der Waals surface area contributed by atoms with E-state index in [1.165, 1.54) is 0 Å². The minimum absolute atomic E-state index is 0. The van der Waals surface area contributed by atoms with Gasteiger partial charge in [-0.2, -0.15) is 0 Å². The molecule has 2 heterocycles. The molecule has 0 radical (unpaired) electrons. The van der Waals surface area contributed by atoms with E-state index < -0.39 is 0 Å². The van der Waals surface area contributed by atoms with Gasteiger partial charge in [-0.05, 0) is 0 Å². The van der Waals surface area contributed by atoms with Crippen molar-refractivity contribution in [3.05, 3.63) is 0 Å². The van der Waals surface area contributed by atoms with E-state index in [9.17, 15) is 4.79 Å². The Balaban J connectivity index is 0.00000112. The Morgan fingerprint density at radius 1 is 0.800 bits per heavy atom. The van der Waals surface area contributed by atoms with Crippen LogP contribution in [0.3, 0.4) is 0 Å². The Morgan fingerprint density at radius 2 is 1.13 bits per heavy atom. The van der Waals surface area contributed by atoms with Crippen LogP contribution in [0, 0.1) is 0 Å². The van der Waals surface area contributed by atoms with Gasteiger partial charge in [0.25, 0.3) is 0 Å². The summed E-state index contributed by atoms with van der Waals surface area (Å²) in [6.07, 6.45) is 0. The molecular formula is C9H19N4NaO. The van der Waals surface area contributed by atoms with Crippen LogP contribution >= 0.6 is 0 Å². The average molecular weight is 222 g/mol. The number of amides is 2. The van der Waals surface area contributed by atoms with Crippen LogP contribution in [0.4, 0.5) is 4.79 Å². The van der Waals surface area contributed by atoms with Crippen molar-refractivity contribution in [3.63, 3.8) is 0 Å². The second-order valence-electron chi connectivity index (χ2n) is 3.76. The molecule has 0 aliphatic carbocycles. The van der Waals surface area contributed by atoms with Crippen LogP contribution in [-0.4, -0.2) is 97.7 Å². The molecule has 5 nitrogen and oxygen atoms in total. The summed E-state index contributed by atoms with van der Waals surface area (Å²) in [5.74, 6) is 0. The van der Waals surface area contributed by atoms with Gasteiger partial charge in [-0.1, -0.05) is 0 Å². The van der Waals surface area contributed by atoms with Gasteiger partial charge >= 0.3 is 35.6 Å². The van der Waals surface area contributed by atoms with E-state index in [-0.39, 0.29) is 35.6 Å². The van der Waals surface area contributed by atoms with E-state index in [1.54, 1.807) is 0 Å². The van der Waals surface area contributed by atoms with Crippen LogP contribution in [0.25, 0.3) is 0 Å². The van der Waals surface area contributed by atoms with E-state index in [1.807, 2.05) is 9.80 Å². The van der Waals surface area contributed by atoms with E-state index in [0.29, 0.717) is 0 Å². The first-order valence-electron chi connectivity index (χ1n) is 5.33. The number of piperazine rings is 2. The number of nitrogens with one attached hydrogen (secondary N) is 2. The van der Waals surface area contributed by atoms with Crippen molar-refractivity contribution in [1.82, 2.24) is 20.4 Å². The Morgan fingerprint density at radius 3 is 1.47 bits per heavy atom. The number of rotatable bonds is 0. The number of hydrogen-bond acceptors (Lipinski definition) is 3. The molecule has 2 amide bonds. The SMILES string of the molecule is O=C(N1CCNCC1)N1CCNCC1.[NaH]. The standard InChI is InChI=1S/C9H18N4O.Na.H/c14-9(12-5-1-10-2-6-12)13-7-3-11-4-8-13;;/h10-11H,1-8H2;;. The summed E-state index contributed by atoms with van der Waals surface area (Å²) in [4.78, 5) is 15.8. The Bertz CT molecular complexity index is 182. The van der Waals surface area contributed by atoms with Gasteiger partial charge in [0.1, 0.15) is 0 Å². The molecule has 0 aromatic carbocycles. The molecule has 2 aliphatic heterocycles. The molecule has 2 fully saturated rings. The number of carbonyl (C=O) groups excluding carboxylic acids is 1. The van der Waals surface area contributed by atoms with Crippen molar-refractivity contribution >= 4 is 35.6 Å². The number of urea groups is 1. The fourth-order valence-corrected chi connectivity index (χ4v) is 1.91. The Kier molecular flexibility index (Phi) is 5.92. The molecule has 0 bridgehead atoms. The maximum atomic E-state index is 11.9. The minimum atomic E-state index is 0. The van der Waals surface area contributed by atoms with Gasteiger partial charge in [-0.3, -0.25) is 0 Å². The van der Waals surface area contributed by atoms with E-state index in [4.69, 9.17) is 0 Å². The summed E-state index contributed by atoms with van der Waals surface area (Å²) in [5, 5.41) is 6.50. The van der Waals surface area contributed by atoms with E-state index in [0.717, 1.165) is 52.4 Å². The molecule has 0 aromatic rings. The molecule has 15 heavy (non-hydrogen) atoms. The quantitative estimate of drug-likeness (QED) is 0.479. The van der Waals surface area contributed by atoms with Crippen molar-refractivity contribution in [3.8, 4) is 0 Å². The molecule has 2 aliphatic rings. The van der Waals surface area contributed by atoms with Gasteiger partial charge < -0.3 is 20.4 Å². The van der Waals surface area contributed by atoms with Crippen molar-refractivity contribution in [1.29, 1.82) is 0 Å². The summed E-state index contributed by atoms with van der Waals surface area (Å²) in [6, 6.07) is 0.216. The molecule has 0 atom stereocenters. The van der Waals surface area contributed by atoms with Crippen molar-refractivity contribution < 1.29 is 4.79 Å². The molecular weight excluding hydrogens is 203 g/mol. The molecule has 0 aromatic heterocycles. The van der Waals surface area contributed by atoms with Crippen LogP contribution in [0.5, 0.6) is 0 Å². The van der Waals surface area contributed by atoms with Crippen LogP contribution < -0.4 is 10.6 Å². The Labute approximate surface area is 113 Å². The van der Waals surface area contributed by atoms with Gasteiger partial charge in [-0.15, -0.1) is 0 Å². The molecule has 0 spiro atoms. The monoisotopic (exact) mass is 222 g/mol. The molecule has 2 saturated heterocycles. The van der Waals surface area contributed by atoms with Crippen LogP contribution in [0.1, 0.15) is 0 Å². The van der Waals surface area contributed by atoms with E-state index in [2.05, 4.69) is 10.6 Å². The summed E-state index contributed by atoms with van der Waals surface area (Å²) in [7, 11) is 0. The molecule has 0 unspecified atom stereocenters. The first-order chi connectivity index (χ1) is 6.88. The topological polar surface area (TPSA) is 47.6 Å². The van der Waals surface area contributed by atoms with Crippen molar-refractivity contribution in [2.24, 2.45) is 0 Å². The van der Waals surface area contributed by atoms with Gasteiger partial charge in [-0.25, -0.2) is 4.79 Å². The third-order valence-electron chi connectivity index (χ3n) is 2.78. The molecule has 0 saturated carbocycles. The van der Waals surface area contributed by atoms with E-state index >= 15 is 0 Å². The zero-order chi connectivity index (χ0) is 9.80. The fourth-order valence-electron chi connectivity index (χ4n) is 1.91. The van der Waals surface area contributed by atoms with Gasteiger partial charge in [0.15, 0.2) is 0 Å². The fraction of sp³-hybridized carbons (Fsp3) is 0.889. The van der Waals surface area contributed by atoms with Crippen molar-refractivity contribution in [2.45, 2.75) is 0 Å². The van der Waals surface area contributed by atoms with Crippen LogP contribution in [0.15, 0.2) is 0 Å². The number of carbonyl (C=O) groups is 1. The van der Waals surface area contributed by atoms with Gasteiger partial charge in [0.05, 0.1) is 0 Å². The van der Waals surface area contributed by atoms with Crippen LogP contribution in [0.2, 0.25) is 0 Å². The summed E-state index contributed by atoms with van der Waals surface area (Å²) in [6.45, 7) is 7.11.